The zero-order chi connectivity index (χ0) is 14.7. The third kappa shape index (κ3) is 3.32. The maximum absolute atomic E-state index is 12.1. The van der Waals surface area contributed by atoms with Crippen LogP contribution in [0.2, 0.25) is 5.02 Å². The van der Waals surface area contributed by atoms with Gasteiger partial charge in [0, 0.05) is 10.6 Å². The normalized spacial score (nSPS) is 11.9. The Morgan fingerprint density at radius 3 is 2.65 bits per heavy atom. The van der Waals surface area contributed by atoms with Crippen molar-refractivity contribution in [3.8, 4) is 5.75 Å². The molecule has 2 aromatic rings. The van der Waals surface area contributed by atoms with Crippen molar-refractivity contribution in [1.29, 1.82) is 0 Å². The second kappa shape index (κ2) is 6.29. The molecule has 0 saturated heterocycles. The SMILES string of the molecule is CC(NC(=O)c1ccc(Br)c(O)c1)c1ccccc1Cl. The van der Waals surface area contributed by atoms with E-state index in [0.29, 0.717) is 15.1 Å². The molecule has 1 atom stereocenters. The summed E-state index contributed by atoms with van der Waals surface area (Å²) in [5.74, 6) is -0.233. The van der Waals surface area contributed by atoms with Crippen LogP contribution < -0.4 is 5.32 Å². The van der Waals surface area contributed by atoms with E-state index in [0.717, 1.165) is 5.56 Å². The summed E-state index contributed by atoms with van der Waals surface area (Å²) in [6.07, 6.45) is 0. The molecule has 2 aromatic carbocycles. The quantitative estimate of drug-likeness (QED) is 0.863. The molecular formula is C15H13BrClNO2. The van der Waals surface area contributed by atoms with Crippen LogP contribution in [-0.2, 0) is 0 Å². The van der Waals surface area contributed by atoms with E-state index in [1.165, 1.54) is 6.07 Å². The molecule has 3 nitrogen and oxygen atoms in total. The van der Waals surface area contributed by atoms with Crippen LogP contribution in [0.25, 0.3) is 0 Å². The maximum atomic E-state index is 12.1. The van der Waals surface area contributed by atoms with E-state index in [2.05, 4.69) is 21.2 Å². The van der Waals surface area contributed by atoms with Gasteiger partial charge in [0.2, 0.25) is 0 Å². The van der Waals surface area contributed by atoms with Gasteiger partial charge < -0.3 is 10.4 Å². The molecule has 0 aliphatic carbocycles. The number of aromatic hydroxyl groups is 1. The first-order valence-electron chi connectivity index (χ1n) is 6.03. The fourth-order valence-electron chi connectivity index (χ4n) is 1.84. The van der Waals surface area contributed by atoms with Crippen LogP contribution in [-0.4, -0.2) is 11.0 Å². The number of halogens is 2. The molecule has 20 heavy (non-hydrogen) atoms. The lowest BCUT2D eigenvalue weighted by molar-refractivity contribution is 0.0939. The van der Waals surface area contributed by atoms with Gasteiger partial charge in [0.05, 0.1) is 10.5 Å². The van der Waals surface area contributed by atoms with E-state index in [9.17, 15) is 9.90 Å². The van der Waals surface area contributed by atoms with E-state index < -0.39 is 0 Å². The molecule has 5 heteroatoms. The Morgan fingerprint density at radius 2 is 2.00 bits per heavy atom. The van der Waals surface area contributed by atoms with Crippen LogP contribution in [0.3, 0.4) is 0 Å². The Balaban J connectivity index is 2.15. The van der Waals surface area contributed by atoms with Gasteiger partial charge >= 0.3 is 0 Å². The zero-order valence-electron chi connectivity index (χ0n) is 10.7. The van der Waals surface area contributed by atoms with Crippen molar-refractivity contribution in [2.75, 3.05) is 0 Å². The van der Waals surface area contributed by atoms with E-state index in [4.69, 9.17) is 11.6 Å². The van der Waals surface area contributed by atoms with Crippen molar-refractivity contribution < 1.29 is 9.90 Å². The smallest absolute Gasteiger partial charge is 0.251 e. The number of hydrogen-bond acceptors (Lipinski definition) is 2. The zero-order valence-corrected chi connectivity index (χ0v) is 13.1. The van der Waals surface area contributed by atoms with Gasteiger partial charge in [-0.25, -0.2) is 0 Å². The molecule has 0 bridgehead atoms. The second-order valence-corrected chi connectivity index (χ2v) is 5.64. The highest BCUT2D eigenvalue weighted by molar-refractivity contribution is 9.10. The molecule has 0 radical (unpaired) electrons. The Bertz CT molecular complexity index is 646. The first kappa shape index (κ1) is 14.9. The molecule has 0 aliphatic rings. The van der Waals surface area contributed by atoms with Crippen molar-refractivity contribution in [1.82, 2.24) is 5.32 Å². The predicted molar refractivity (Wildman–Crippen MR) is 83.1 cm³/mol. The fourth-order valence-corrected chi connectivity index (χ4v) is 2.38. The lowest BCUT2D eigenvalue weighted by atomic mass is 10.1. The van der Waals surface area contributed by atoms with Gasteiger partial charge in [-0.15, -0.1) is 0 Å². The molecule has 2 N–H and O–H groups in total. The van der Waals surface area contributed by atoms with Crippen LogP contribution >= 0.6 is 27.5 Å². The summed E-state index contributed by atoms with van der Waals surface area (Å²) in [5.41, 5.74) is 1.24. The fraction of sp³-hybridized carbons (Fsp3) is 0.133. The molecule has 0 fully saturated rings. The van der Waals surface area contributed by atoms with Gasteiger partial charge in [-0.1, -0.05) is 29.8 Å². The van der Waals surface area contributed by atoms with E-state index in [1.54, 1.807) is 18.2 Å². The summed E-state index contributed by atoms with van der Waals surface area (Å²) in [4.78, 5) is 12.1. The molecular weight excluding hydrogens is 342 g/mol. The number of rotatable bonds is 3. The van der Waals surface area contributed by atoms with Gasteiger partial charge in [-0.3, -0.25) is 4.79 Å². The molecule has 0 spiro atoms. The summed E-state index contributed by atoms with van der Waals surface area (Å²) >= 11 is 9.27. The van der Waals surface area contributed by atoms with Crippen molar-refractivity contribution in [2.24, 2.45) is 0 Å². The van der Waals surface area contributed by atoms with Crippen molar-refractivity contribution >= 4 is 33.4 Å². The molecule has 0 saturated carbocycles. The third-order valence-electron chi connectivity index (χ3n) is 2.93. The number of carbonyl (C=O) groups is 1. The van der Waals surface area contributed by atoms with Crippen molar-refractivity contribution in [2.45, 2.75) is 13.0 Å². The topological polar surface area (TPSA) is 49.3 Å². The number of hydrogen-bond donors (Lipinski definition) is 2. The van der Waals surface area contributed by atoms with Crippen LogP contribution in [0, 0.1) is 0 Å². The molecule has 1 amide bonds. The molecule has 0 heterocycles. The summed E-state index contributed by atoms with van der Waals surface area (Å²) in [7, 11) is 0. The van der Waals surface area contributed by atoms with E-state index in [1.807, 2.05) is 25.1 Å². The summed E-state index contributed by atoms with van der Waals surface area (Å²) < 4.78 is 0.549. The van der Waals surface area contributed by atoms with E-state index in [-0.39, 0.29) is 17.7 Å². The Kier molecular flexibility index (Phi) is 4.68. The van der Waals surface area contributed by atoms with Gasteiger partial charge in [0.25, 0.3) is 5.91 Å². The number of carbonyl (C=O) groups excluding carboxylic acids is 1. The molecule has 0 aromatic heterocycles. The highest BCUT2D eigenvalue weighted by atomic mass is 79.9. The molecule has 2 rings (SSSR count). The first-order chi connectivity index (χ1) is 9.49. The second-order valence-electron chi connectivity index (χ2n) is 4.38. The maximum Gasteiger partial charge on any atom is 0.251 e. The van der Waals surface area contributed by atoms with Crippen LogP contribution in [0.1, 0.15) is 28.9 Å². The van der Waals surface area contributed by atoms with E-state index >= 15 is 0 Å². The number of phenols is 1. The molecule has 0 aliphatic heterocycles. The lowest BCUT2D eigenvalue weighted by Crippen LogP contribution is -2.26. The standard InChI is InChI=1S/C15H13BrClNO2/c1-9(11-4-2-3-5-13(11)17)18-15(20)10-6-7-12(16)14(19)8-10/h2-9,19H,1H3,(H,18,20). The molecule has 104 valence electrons. The van der Waals surface area contributed by atoms with Gasteiger partial charge in [0.1, 0.15) is 5.75 Å². The first-order valence-corrected chi connectivity index (χ1v) is 7.20. The Morgan fingerprint density at radius 1 is 1.30 bits per heavy atom. The van der Waals surface area contributed by atoms with Crippen molar-refractivity contribution in [3.63, 3.8) is 0 Å². The Labute approximate surface area is 130 Å². The average Bonchev–Trinajstić information content (AvgIpc) is 2.42. The predicted octanol–water partition coefficient (Wildman–Crippen LogP) is 4.30. The minimum Gasteiger partial charge on any atom is -0.507 e. The number of nitrogens with one attached hydrogen (secondary N) is 1. The number of phenolic OH excluding ortho intramolecular Hbond substituents is 1. The minimum absolute atomic E-state index is 0.0306. The Hall–Kier alpha value is -1.52. The molecule has 1 unspecified atom stereocenters. The van der Waals surface area contributed by atoms with Crippen molar-refractivity contribution in [3.05, 3.63) is 63.1 Å². The highest BCUT2D eigenvalue weighted by Gasteiger charge is 2.14. The minimum atomic E-state index is -0.264. The summed E-state index contributed by atoms with van der Waals surface area (Å²) in [5, 5.41) is 13.1. The van der Waals surface area contributed by atoms with Gasteiger partial charge in [-0.2, -0.15) is 0 Å². The highest BCUT2D eigenvalue weighted by Crippen LogP contribution is 2.25. The van der Waals surface area contributed by atoms with Gasteiger partial charge in [-0.05, 0) is 52.7 Å². The largest absolute Gasteiger partial charge is 0.507 e. The third-order valence-corrected chi connectivity index (χ3v) is 3.94. The monoisotopic (exact) mass is 353 g/mol. The summed E-state index contributed by atoms with van der Waals surface area (Å²) in [6.45, 7) is 1.86. The lowest BCUT2D eigenvalue weighted by Gasteiger charge is -2.16. The number of benzene rings is 2. The summed E-state index contributed by atoms with van der Waals surface area (Å²) in [6, 6.07) is 11.8. The van der Waals surface area contributed by atoms with Gasteiger partial charge in [0.15, 0.2) is 0 Å². The number of amides is 1. The van der Waals surface area contributed by atoms with Crippen LogP contribution in [0.15, 0.2) is 46.9 Å². The van der Waals surface area contributed by atoms with Crippen LogP contribution in [0.5, 0.6) is 5.75 Å². The average molecular weight is 355 g/mol. The van der Waals surface area contributed by atoms with Crippen LogP contribution in [0.4, 0.5) is 0 Å².